The molecule has 8 nitrogen and oxygen atoms in total. The quantitative estimate of drug-likeness (QED) is 0.522. The molecule has 122 valence electrons. The van der Waals surface area contributed by atoms with Crippen molar-refractivity contribution in [2.24, 2.45) is 0 Å². The van der Waals surface area contributed by atoms with Crippen molar-refractivity contribution in [3.05, 3.63) is 41.4 Å². The first-order chi connectivity index (χ1) is 11.6. The van der Waals surface area contributed by atoms with Crippen LogP contribution in [0.1, 0.15) is 23.0 Å². The van der Waals surface area contributed by atoms with Crippen molar-refractivity contribution >= 4 is 17.4 Å². The number of fused-ring (bicyclic) bond motifs is 1. The summed E-state index contributed by atoms with van der Waals surface area (Å²) >= 11 is 1.47. The normalized spacial score (nSPS) is 11.5. The van der Waals surface area contributed by atoms with E-state index in [4.69, 9.17) is 8.83 Å². The van der Waals surface area contributed by atoms with Gasteiger partial charge in [-0.15, -0.1) is 20.4 Å². The lowest BCUT2D eigenvalue weighted by molar-refractivity contribution is 0.493. The van der Waals surface area contributed by atoms with Gasteiger partial charge in [0.2, 0.25) is 5.89 Å². The lowest BCUT2D eigenvalue weighted by atomic mass is 10.3. The molecule has 0 aliphatic heterocycles. The third kappa shape index (κ3) is 2.56. The Morgan fingerprint density at radius 1 is 1.12 bits per heavy atom. The Morgan fingerprint density at radius 2 is 2.00 bits per heavy atom. The predicted molar refractivity (Wildman–Crippen MR) is 86.6 cm³/mol. The molecule has 0 fully saturated rings. The molecule has 9 heteroatoms. The number of nitrogens with zero attached hydrogens (tertiary/aromatic N) is 6. The third-order valence-corrected chi connectivity index (χ3v) is 4.42. The van der Waals surface area contributed by atoms with Gasteiger partial charge in [0, 0.05) is 17.3 Å². The number of furan rings is 1. The number of hydrogen-bond donors (Lipinski definition) is 0. The van der Waals surface area contributed by atoms with Crippen molar-refractivity contribution in [1.82, 2.24) is 29.8 Å². The van der Waals surface area contributed by atoms with Gasteiger partial charge >= 0.3 is 0 Å². The first kappa shape index (κ1) is 14.9. The Balaban J connectivity index is 1.56. The molecule has 4 rings (SSSR count). The second-order valence-electron chi connectivity index (χ2n) is 5.34. The summed E-state index contributed by atoms with van der Waals surface area (Å²) in [5, 5.41) is 17.2. The first-order valence-electron chi connectivity index (χ1n) is 7.31. The van der Waals surface area contributed by atoms with Gasteiger partial charge in [0.1, 0.15) is 5.82 Å². The zero-order valence-electron chi connectivity index (χ0n) is 13.3. The maximum Gasteiger partial charge on any atom is 0.283 e. The Hall–Kier alpha value is -2.68. The predicted octanol–water partition coefficient (Wildman–Crippen LogP) is 2.98. The molecule has 0 saturated heterocycles. The fourth-order valence-corrected chi connectivity index (χ4v) is 3.24. The maximum absolute atomic E-state index is 5.66. The van der Waals surface area contributed by atoms with Crippen molar-refractivity contribution < 1.29 is 8.83 Å². The van der Waals surface area contributed by atoms with Gasteiger partial charge in [0.25, 0.3) is 5.89 Å². The molecule has 0 aliphatic rings. The Kier molecular flexibility index (Phi) is 3.57. The van der Waals surface area contributed by atoms with Crippen molar-refractivity contribution in [1.29, 1.82) is 0 Å². The highest BCUT2D eigenvalue weighted by Crippen LogP contribution is 2.26. The molecule has 24 heavy (non-hydrogen) atoms. The minimum atomic E-state index is 0.382. The fraction of sp³-hybridized carbons (Fsp3) is 0.267. The van der Waals surface area contributed by atoms with Crippen molar-refractivity contribution in [2.75, 3.05) is 0 Å². The molecule has 4 aromatic rings. The van der Waals surface area contributed by atoms with Gasteiger partial charge < -0.3 is 8.83 Å². The summed E-state index contributed by atoms with van der Waals surface area (Å²) in [4.78, 5) is 4.44. The van der Waals surface area contributed by atoms with Crippen LogP contribution in [0.2, 0.25) is 0 Å². The van der Waals surface area contributed by atoms with Crippen LogP contribution in [0.4, 0.5) is 0 Å². The van der Waals surface area contributed by atoms with Crippen LogP contribution in [0.25, 0.3) is 17.3 Å². The van der Waals surface area contributed by atoms with E-state index in [9.17, 15) is 0 Å². The lowest BCUT2D eigenvalue weighted by Crippen LogP contribution is -1.98. The molecule has 0 unspecified atom stereocenters. The molecule has 4 heterocycles. The molecule has 0 spiro atoms. The van der Waals surface area contributed by atoms with Crippen molar-refractivity contribution in [3.8, 4) is 11.7 Å². The number of aromatic nitrogens is 6. The van der Waals surface area contributed by atoms with E-state index in [1.165, 1.54) is 11.8 Å². The molecule has 0 amide bonds. The molecule has 0 radical (unpaired) electrons. The van der Waals surface area contributed by atoms with Crippen LogP contribution in [0, 0.1) is 20.8 Å². The topological polar surface area (TPSA) is 95.1 Å². The van der Waals surface area contributed by atoms with E-state index >= 15 is 0 Å². The van der Waals surface area contributed by atoms with E-state index in [0.29, 0.717) is 23.3 Å². The zero-order chi connectivity index (χ0) is 16.7. The minimum absolute atomic E-state index is 0.382. The molecule has 0 N–H and O–H groups in total. The highest BCUT2D eigenvalue weighted by Gasteiger charge is 2.16. The molecule has 0 aliphatic carbocycles. The average molecular weight is 342 g/mol. The van der Waals surface area contributed by atoms with Crippen molar-refractivity contribution in [2.45, 2.75) is 31.7 Å². The van der Waals surface area contributed by atoms with Gasteiger partial charge in [0.15, 0.2) is 16.6 Å². The summed E-state index contributed by atoms with van der Waals surface area (Å²) < 4.78 is 12.9. The van der Waals surface area contributed by atoms with Gasteiger partial charge in [-0.05, 0) is 26.8 Å². The van der Waals surface area contributed by atoms with Crippen LogP contribution in [-0.4, -0.2) is 29.8 Å². The van der Waals surface area contributed by atoms with Crippen LogP contribution < -0.4 is 0 Å². The molecule has 0 aromatic carbocycles. The lowest BCUT2D eigenvalue weighted by Gasteiger charge is -2.02. The SMILES string of the molecule is Cc1cc2nnc(SCc3nnc(-c4occc4C)o3)n2c(C)n1. The molecular weight excluding hydrogens is 328 g/mol. The zero-order valence-corrected chi connectivity index (χ0v) is 14.2. The van der Waals surface area contributed by atoms with Crippen LogP contribution in [0.5, 0.6) is 0 Å². The summed E-state index contributed by atoms with van der Waals surface area (Å²) in [5.74, 6) is 2.81. The molecule has 0 atom stereocenters. The smallest absolute Gasteiger partial charge is 0.283 e. The summed E-state index contributed by atoms with van der Waals surface area (Å²) in [5.41, 5.74) is 2.65. The highest BCUT2D eigenvalue weighted by molar-refractivity contribution is 7.98. The Morgan fingerprint density at radius 3 is 2.79 bits per heavy atom. The second-order valence-corrected chi connectivity index (χ2v) is 6.29. The number of rotatable bonds is 4. The Labute approximate surface area is 141 Å². The first-order valence-corrected chi connectivity index (χ1v) is 8.29. The van der Waals surface area contributed by atoms with E-state index in [-0.39, 0.29) is 0 Å². The molecule has 0 saturated carbocycles. The van der Waals surface area contributed by atoms with E-state index in [1.807, 2.05) is 37.3 Å². The van der Waals surface area contributed by atoms with Gasteiger partial charge in [-0.25, -0.2) is 4.98 Å². The number of aryl methyl sites for hydroxylation is 3. The van der Waals surface area contributed by atoms with Gasteiger partial charge in [-0.3, -0.25) is 4.40 Å². The van der Waals surface area contributed by atoms with Crippen LogP contribution in [0.15, 0.2) is 32.4 Å². The van der Waals surface area contributed by atoms with Gasteiger partial charge in [-0.1, -0.05) is 11.8 Å². The van der Waals surface area contributed by atoms with Gasteiger partial charge in [-0.2, -0.15) is 0 Å². The molecule has 0 bridgehead atoms. The van der Waals surface area contributed by atoms with E-state index < -0.39 is 0 Å². The fourth-order valence-electron chi connectivity index (χ4n) is 2.42. The van der Waals surface area contributed by atoms with Gasteiger partial charge in [0.05, 0.1) is 12.0 Å². The number of hydrogen-bond acceptors (Lipinski definition) is 8. The third-order valence-electron chi connectivity index (χ3n) is 3.51. The van der Waals surface area contributed by atoms with Crippen LogP contribution in [-0.2, 0) is 5.75 Å². The van der Waals surface area contributed by atoms with Crippen LogP contribution >= 0.6 is 11.8 Å². The summed E-state index contributed by atoms with van der Waals surface area (Å²) in [7, 11) is 0. The summed E-state index contributed by atoms with van der Waals surface area (Å²) in [6.45, 7) is 5.79. The molecule has 4 aromatic heterocycles. The largest absolute Gasteiger partial charge is 0.459 e. The highest BCUT2D eigenvalue weighted by atomic mass is 32.2. The number of thioether (sulfide) groups is 1. The van der Waals surface area contributed by atoms with E-state index in [1.54, 1.807) is 6.26 Å². The minimum Gasteiger partial charge on any atom is -0.459 e. The maximum atomic E-state index is 5.66. The van der Waals surface area contributed by atoms with Crippen molar-refractivity contribution in [3.63, 3.8) is 0 Å². The van der Waals surface area contributed by atoms with Crippen LogP contribution in [0.3, 0.4) is 0 Å². The standard InChI is InChI=1S/C15H14N6O2S/c1-8-4-5-22-13(8)14-19-18-12(23-14)7-24-15-20-17-11-6-9(2)16-10(3)21(11)15/h4-6H,7H2,1-3H3. The Bertz CT molecular complexity index is 1020. The summed E-state index contributed by atoms with van der Waals surface area (Å²) in [6.07, 6.45) is 1.60. The van der Waals surface area contributed by atoms with E-state index in [2.05, 4.69) is 25.4 Å². The average Bonchev–Trinajstić information content (AvgIpc) is 3.24. The van der Waals surface area contributed by atoms with E-state index in [0.717, 1.165) is 27.9 Å². The monoisotopic (exact) mass is 342 g/mol. The second kappa shape index (κ2) is 5.75. The molecular formula is C15H14N6O2S. The summed E-state index contributed by atoms with van der Waals surface area (Å²) in [6, 6.07) is 3.75.